The van der Waals surface area contributed by atoms with Gasteiger partial charge >= 0.3 is 0 Å². The molecule has 0 heterocycles. The minimum absolute atomic E-state index is 0.968. The van der Waals surface area contributed by atoms with Crippen LogP contribution in [0.15, 0.2) is 64.0 Å². The minimum atomic E-state index is 0.968. The van der Waals surface area contributed by atoms with Crippen molar-refractivity contribution in [2.45, 2.75) is 4.90 Å². The summed E-state index contributed by atoms with van der Waals surface area (Å²) < 4.78 is 1.11. The topological polar surface area (TPSA) is 12.0 Å². The van der Waals surface area contributed by atoms with Crippen LogP contribution in [0.1, 0.15) is 0 Å². The van der Waals surface area contributed by atoms with Crippen molar-refractivity contribution in [1.82, 2.24) is 0 Å². The summed E-state index contributed by atoms with van der Waals surface area (Å²) in [5.74, 6) is 1.07. The molecule has 0 amide bonds. The first-order valence-corrected chi connectivity index (χ1v) is 7.30. The molecular weight excluding hydrogens is 294 g/mol. The lowest BCUT2D eigenvalue weighted by Gasteiger charge is -2.06. The second kappa shape index (κ2) is 6.72. The van der Waals surface area contributed by atoms with Crippen LogP contribution in [0.25, 0.3) is 0 Å². The predicted octanol–water partition coefficient (Wildman–Crippen LogP) is 4.65. The summed E-state index contributed by atoms with van der Waals surface area (Å²) in [5.41, 5.74) is 1.16. The molecule has 3 heteroatoms. The van der Waals surface area contributed by atoms with E-state index < -0.39 is 0 Å². The van der Waals surface area contributed by atoms with Crippen LogP contribution >= 0.6 is 27.7 Å². The highest BCUT2D eigenvalue weighted by Gasteiger charge is 1.94. The van der Waals surface area contributed by atoms with Crippen molar-refractivity contribution in [2.24, 2.45) is 0 Å². The van der Waals surface area contributed by atoms with Crippen molar-refractivity contribution in [1.29, 1.82) is 0 Å². The smallest absolute Gasteiger partial charge is 0.0351 e. The number of halogens is 1. The molecule has 0 saturated heterocycles. The van der Waals surface area contributed by atoms with Crippen LogP contribution in [0.4, 0.5) is 5.69 Å². The zero-order chi connectivity index (χ0) is 11.9. The monoisotopic (exact) mass is 307 g/mol. The fourth-order valence-corrected chi connectivity index (χ4v) is 2.67. The Hall–Kier alpha value is -0.930. The van der Waals surface area contributed by atoms with E-state index in [4.69, 9.17) is 0 Å². The van der Waals surface area contributed by atoms with E-state index in [1.165, 1.54) is 4.90 Å². The molecule has 2 rings (SSSR count). The summed E-state index contributed by atoms with van der Waals surface area (Å²) in [6, 6.07) is 18.7. The molecule has 0 fully saturated rings. The second-order valence-electron chi connectivity index (χ2n) is 3.60. The van der Waals surface area contributed by atoms with Crippen LogP contribution in [0.3, 0.4) is 0 Å². The van der Waals surface area contributed by atoms with Crippen LogP contribution in [0.5, 0.6) is 0 Å². The van der Waals surface area contributed by atoms with Gasteiger partial charge in [0.15, 0.2) is 0 Å². The largest absolute Gasteiger partial charge is 0.384 e. The van der Waals surface area contributed by atoms with Gasteiger partial charge in [0.1, 0.15) is 0 Å². The van der Waals surface area contributed by atoms with Crippen molar-refractivity contribution >= 4 is 33.4 Å². The Labute approximate surface area is 115 Å². The molecule has 0 unspecified atom stereocenters. The minimum Gasteiger partial charge on any atom is -0.384 e. The van der Waals surface area contributed by atoms with E-state index in [2.05, 4.69) is 57.6 Å². The molecule has 0 saturated carbocycles. The van der Waals surface area contributed by atoms with E-state index >= 15 is 0 Å². The third-order valence-corrected chi connectivity index (χ3v) is 3.77. The Balaban J connectivity index is 1.73. The van der Waals surface area contributed by atoms with Gasteiger partial charge in [-0.05, 0) is 30.3 Å². The van der Waals surface area contributed by atoms with E-state index in [0.717, 1.165) is 22.5 Å². The number of hydrogen-bond acceptors (Lipinski definition) is 2. The highest BCUT2D eigenvalue weighted by atomic mass is 79.9. The predicted molar refractivity (Wildman–Crippen MR) is 79.8 cm³/mol. The summed E-state index contributed by atoms with van der Waals surface area (Å²) in [4.78, 5) is 1.32. The maximum Gasteiger partial charge on any atom is 0.0351 e. The molecule has 0 aliphatic rings. The fraction of sp³-hybridized carbons (Fsp3) is 0.143. The molecule has 0 bridgehead atoms. The highest BCUT2D eigenvalue weighted by Crippen LogP contribution is 2.18. The molecular formula is C14H14BrNS. The molecule has 0 aliphatic heterocycles. The molecule has 0 atom stereocenters. The van der Waals surface area contributed by atoms with Gasteiger partial charge in [0, 0.05) is 27.4 Å². The SMILES string of the molecule is Brc1cccc(NCCSc2ccccc2)c1. The second-order valence-corrected chi connectivity index (χ2v) is 5.68. The van der Waals surface area contributed by atoms with Gasteiger partial charge in [-0.25, -0.2) is 0 Å². The van der Waals surface area contributed by atoms with Gasteiger partial charge in [-0.15, -0.1) is 11.8 Å². The van der Waals surface area contributed by atoms with E-state index in [9.17, 15) is 0 Å². The molecule has 0 aromatic heterocycles. The molecule has 0 spiro atoms. The van der Waals surface area contributed by atoms with Gasteiger partial charge < -0.3 is 5.32 Å². The molecule has 2 aromatic rings. The molecule has 0 radical (unpaired) electrons. The Kier molecular flexibility index (Phi) is 4.95. The van der Waals surface area contributed by atoms with Crippen LogP contribution < -0.4 is 5.32 Å². The van der Waals surface area contributed by atoms with Crippen LogP contribution in [0, 0.1) is 0 Å². The Morgan fingerprint density at radius 1 is 1.00 bits per heavy atom. The molecule has 88 valence electrons. The molecule has 1 N–H and O–H groups in total. The lowest BCUT2D eigenvalue weighted by molar-refractivity contribution is 1.22. The van der Waals surface area contributed by atoms with Crippen LogP contribution in [-0.2, 0) is 0 Å². The number of nitrogens with one attached hydrogen (secondary N) is 1. The van der Waals surface area contributed by atoms with Crippen LogP contribution in [-0.4, -0.2) is 12.3 Å². The molecule has 0 aliphatic carbocycles. The van der Waals surface area contributed by atoms with E-state index in [-0.39, 0.29) is 0 Å². The maximum atomic E-state index is 3.46. The quantitative estimate of drug-likeness (QED) is 0.637. The number of thioether (sulfide) groups is 1. The third kappa shape index (κ3) is 4.44. The lowest BCUT2D eigenvalue weighted by Crippen LogP contribution is -2.03. The summed E-state index contributed by atoms with van der Waals surface area (Å²) in [6.45, 7) is 0.968. The molecule has 1 nitrogen and oxygen atoms in total. The van der Waals surface area contributed by atoms with Gasteiger partial charge in [0.2, 0.25) is 0 Å². The van der Waals surface area contributed by atoms with Crippen LogP contribution in [0.2, 0.25) is 0 Å². The van der Waals surface area contributed by atoms with Crippen molar-refractivity contribution in [3.63, 3.8) is 0 Å². The maximum absolute atomic E-state index is 3.46. The van der Waals surface area contributed by atoms with Crippen molar-refractivity contribution in [2.75, 3.05) is 17.6 Å². The van der Waals surface area contributed by atoms with E-state index in [0.29, 0.717) is 0 Å². The van der Waals surface area contributed by atoms with E-state index in [1.54, 1.807) is 0 Å². The summed E-state index contributed by atoms with van der Waals surface area (Å²) in [6.07, 6.45) is 0. The summed E-state index contributed by atoms with van der Waals surface area (Å²) in [5, 5.41) is 3.40. The highest BCUT2D eigenvalue weighted by molar-refractivity contribution is 9.10. The number of anilines is 1. The van der Waals surface area contributed by atoms with Crippen molar-refractivity contribution in [3.8, 4) is 0 Å². The Morgan fingerprint density at radius 2 is 1.82 bits per heavy atom. The Morgan fingerprint density at radius 3 is 2.59 bits per heavy atom. The van der Waals surface area contributed by atoms with Crippen molar-refractivity contribution in [3.05, 3.63) is 59.1 Å². The standard InChI is InChI=1S/C14H14BrNS/c15-12-5-4-6-13(11-12)16-9-10-17-14-7-2-1-3-8-14/h1-8,11,16H,9-10H2. The fourth-order valence-electron chi connectivity index (χ4n) is 1.48. The first kappa shape index (κ1) is 12.5. The average Bonchev–Trinajstić information content (AvgIpc) is 2.36. The van der Waals surface area contributed by atoms with Gasteiger partial charge in [0.05, 0.1) is 0 Å². The van der Waals surface area contributed by atoms with Gasteiger partial charge in [-0.1, -0.05) is 40.2 Å². The summed E-state index contributed by atoms with van der Waals surface area (Å²) in [7, 11) is 0. The normalized spacial score (nSPS) is 10.2. The number of hydrogen-bond donors (Lipinski definition) is 1. The first-order valence-electron chi connectivity index (χ1n) is 5.52. The van der Waals surface area contributed by atoms with E-state index in [1.807, 2.05) is 30.0 Å². The zero-order valence-corrected chi connectivity index (χ0v) is 11.8. The van der Waals surface area contributed by atoms with Gasteiger partial charge in [-0.2, -0.15) is 0 Å². The van der Waals surface area contributed by atoms with Crippen molar-refractivity contribution < 1.29 is 0 Å². The third-order valence-electron chi connectivity index (χ3n) is 2.27. The Bertz CT molecular complexity index is 459. The molecule has 17 heavy (non-hydrogen) atoms. The zero-order valence-electron chi connectivity index (χ0n) is 9.40. The lowest BCUT2D eigenvalue weighted by atomic mass is 10.3. The first-order chi connectivity index (χ1) is 8.34. The summed E-state index contributed by atoms with van der Waals surface area (Å²) >= 11 is 5.33. The van der Waals surface area contributed by atoms with Gasteiger partial charge in [-0.3, -0.25) is 0 Å². The van der Waals surface area contributed by atoms with Gasteiger partial charge in [0.25, 0.3) is 0 Å². The molecule has 2 aromatic carbocycles. The number of rotatable bonds is 5. The average molecular weight is 308 g/mol. The number of benzene rings is 2.